The van der Waals surface area contributed by atoms with Gasteiger partial charge in [-0.2, -0.15) is 0 Å². The van der Waals surface area contributed by atoms with Gasteiger partial charge in [0.15, 0.2) is 5.69 Å². The Morgan fingerprint density at radius 1 is 1.26 bits per heavy atom. The number of benzene rings is 1. The van der Waals surface area contributed by atoms with Crippen LogP contribution in [-0.2, 0) is 11.2 Å². The van der Waals surface area contributed by atoms with E-state index in [9.17, 15) is 18.4 Å². The highest BCUT2D eigenvalue weighted by Crippen LogP contribution is 2.41. The number of aromatic amines is 1. The highest BCUT2D eigenvalue weighted by Gasteiger charge is 2.40. The van der Waals surface area contributed by atoms with E-state index >= 15 is 0 Å². The van der Waals surface area contributed by atoms with Crippen molar-refractivity contribution in [3.05, 3.63) is 41.0 Å². The molecule has 3 N–H and O–H groups in total. The molecule has 2 unspecified atom stereocenters. The second-order valence-electron chi connectivity index (χ2n) is 9.30. The lowest BCUT2D eigenvalue weighted by molar-refractivity contribution is -0.122. The Kier molecular flexibility index (Phi) is 5.78. The Labute approximate surface area is 194 Å². The SMILES string of the molecule is Cc1nonc1C(=O)NC(c1nc2ccc(CC3CCNC3=O)cc2[nH]1)C1CCC(F)(F)CC1. The average molecular weight is 472 g/mol. The predicted octanol–water partition coefficient (Wildman–Crippen LogP) is 3.23. The number of halogens is 2. The third-order valence-corrected chi connectivity index (χ3v) is 6.89. The van der Waals surface area contributed by atoms with Crippen LogP contribution in [0.3, 0.4) is 0 Å². The Morgan fingerprint density at radius 2 is 2.06 bits per heavy atom. The third-order valence-electron chi connectivity index (χ3n) is 6.89. The summed E-state index contributed by atoms with van der Waals surface area (Å²) in [7, 11) is 0. The number of H-pyrrole nitrogens is 1. The number of carbonyl (C=O) groups excluding carboxylic acids is 2. The number of aryl methyl sites for hydroxylation is 1. The van der Waals surface area contributed by atoms with E-state index in [2.05, 4.69) is 35.5 Å². The first-order chi connectivity index (χ1) is 16.3. The lowest BCUT2D eigenvalue weighted by Gasteiger charge is -2.33. The van der Waals surface area contributed by atoms with E-state index in [1.165, 1.54) is 0 Å². The van der Waals surface area contributed by atoms with Gasteiger partial charge in [-0.15, -0.1) is 0 Å². The van der Waals surface area contributed by atoms with E-state index in [0.717, 1.165) is 17.5 Å². The van der Waals surface area contributed by atoms with E-state index in [1.807, 2.05) is 18.2 Å². The number of nitrogens with zero attached hydrogens (tertiary/aromatic N) is 3. The van der Waals surface area contributed by atoms with Crippen molar-refractivity contribution in [1.82, 2.24) is 30.9 Å². The van der Waals surface area contributed by atoms with Gasteiger partial charge in [0.25, 0.3) is 5.91 Å². The van der Waals surface area contributed by atoms with Crippen molar-refractivity contribution in [3.8, 4) is 0 Å². The van der Waals surface area contributed by atoms with Gasteiger partial charge in [0, 0.05) is 25.3 Å². The van der Waals surface area contributed by atoms with Gasteiger partial charge in [-0.25, -0.2) is 18.4 Å². The number of carbonyl (C=O) groups is 2. The van der Waals surface area contributed by atoms with Gasteiger partial charge in [-0.1, -0.05) is 11.2 Å². The number of hydrogen-bond donors (Lipinski definition) is 3. The first-order valence-corrected chi connectivity index (χ1v) is 11.5. The fraction of sp³-hybridized carbons (Fsp3) is 0.522. The Hall–Kier alpha value is -3.37. The molecule has 2 fully saturated rings. The topological polar surface area (TPSA) is 126 Å². The van der Waals surface area contributed by atoms with Crippen LogP contribution in [0.2, 0.25) is 0 Å². The van der Waals surface area contributed by atoms with Crippen LogP contribution in [0.25, 0.3) is 11.0 Å². The molecule has 2 amide bonds. The molecular formula is C23H26F2N6O3. The summed E-state index contributed by atoms with van der Waals surface area (Å²) in [4.78, 5) is 32.8. The number of aromatic nitrogens is 4. The summed E-state index contributed by atoms with van der Waals surface area (Å²) in [6.45, 7) is 2.30. The van der Waals surface area contributed by atoms with Gasteiger partial charge in [0.1, 0.15) is 11.5 Å². The quantitative estimate of drug-likeness (QED) is 0.506. The van der Waals surface area contributed by atoms with Crippen LogP contribution < -0.4 is 10.6 Å². The maximum absolute atomic E-state index is 13.8. The molecule has 11 heteroatoms. The number of fused-ring (bicyclic) bond motifs is 1. The summed E-state index contributed by atoms with van der Waals surface area (Å²) in [5, 5.41) is 13.1. The molecule has 34 heavy (non-hydrogen) atoms. The number of nitrogens with one attached hydrogen (secondary N) is 3. The van der Waals surface area contributed by atoms with Crippen molar-refractivity contribution in [1.29, 1.82) is 0 Å². The standard InChI is InChI=1S/C23H26F2N6O3/c1-12-18(31-34-30-12)22(33)29-19(14-4-7-23(24,25)8-5-14)20-27-16-3-2-13(11-17(16)28-20)10-15-6-9-26-21(15)32/h2-3,11,14-15,19H,4-10H2,1H3,(H,26,32)(H,27,28)(H,29,33). The van der Waals surface area contributed by atoms with Crippen LogP contribution in [0.15, 0.2) is 22.8 Å². The van der Waals surface area contributed by atoms with Crippen molar-refractivity contribution in [2.75, 3.05) is 6.54 Å². The minimum atomic E-state index is -2.69. The summed E-state index contributed by atoms with van der Waals surface area (Å²) in [5.74, 6) is -2.87. The molecule has 9 nitrogen and oxygen atoms in total. The van der Waals surface area contributed by atoms with Crippen molar-refractivity contribution in [3.63, 3.8) is 0 Å². The summed E-state index contributed by atoms with van der Waals surface area (Å²) >= 11 is 0. The minimum Gasteiger partial charge on any atom is -0.356 e. The van der Waals surface area contributed by atoms with Gasteiger partial charge in [-0.3, -0.25) is 9.59 Å². The molecule has 1 saturated carbocycles. The van der Waals surface area contributed by atoms with Crippen LogP contribution in [0.4, 0.5) is 8.78 Å². The van der Waals surface area contributed by atoms with E-state index in [0.29, 0.717) is 30.0 Å². The maximum atomic E-state index is 13.8. The molecule has 5 rings (SSSR count). The molecule has 180 valence electrons. The minimum absolute atomic E-state index is 0.0462. The summed E-state index contributed by atoms with van der Waals surface area (Å²) in [6.07, 6.45) is 1.49. The molecule has 2 atom stereocenters. The second kappa shape index (κ2) is 8.77. The molecule has 1 aliphatic heterocycles. The van der Waals surface area contributed by atoms with Gasteiger partial charge in [0.2, 0.25) is 11.8 Å². The van der Waals surface area contributed by atoms with Crippen molar-refractivity contribution < 1.29 is 23.0 Å². The Bertz CT molecular complexity index is 1210. The molecule has 3 aromatic rings. The van der Waals surface area contributed by atoms with Gasteiger partial charge >= 0.3 is 0 Å². The first-order valence-electron chi connectivity index (χ1n) is 11.5. The van der Waals surface area contributed by atoms with Gasteiger partial charge < -0.3 is 15.6 Å². The van der Waals surface area contributed by atoms with Gasteiger partial charge in [0.05, 0.1) is 17.1 Å². The number of hydrogen-bond acceptors (Lipinski definition) is 6. The third kappa shape index (κ3) is 4.51. The zero-order chi connectivity index (χ0) is 23.9. The number of alkyl halides is 2. The smallest absolute Gasteiger partial charge is 0.276 e. The number of imidazole rings is 1. The molecular weight excluding hydrogens is 446 g/mol. The second-order valence-corrected chi connectivity index (χ2v) is 9.30. The molecule has 2 aliphatic rings. The van der Waals surface area contributed by atoms with Crippen LogP contribution in [-0.4, -0.2) is 44.6 Å². The lowest BCUT2D eigenvalue weighted by Crippen LogP contribution is -2.38. The highest BCUT2D eigenvalue weighted by molar-refractivity contribution is 5.93. The molecule has 1 aliphatic carbocycles. The van der Waals surface area contributed by atoms with E-state index in [-0.39, 0.29) is 49.1 Å². The molecule has 3 heterocycles. The largest absolute Gasteiger partial charge is 0.356 e. The zero-order valence-corrected chi connectivity index (χ0v) is 18.7. The average Bonchev–Trinajstić information content (AvgIpc) is 3.52. The van der Waals surface area contributed by atoms with Crippen LogP contribution in [0.1, 0.15) is 65.7 Å². The fourth-order valence-electron chi connectivity index (χ4n) is 4.93. The summed E-state index contributed by atoms with van der Waals surface area (Å²) in [6, 6.07) is 5.17. The van der Waals surface area contributed by atoms with Crippen LogP contribution in [0.5, 0.6) is 0 Å². The predicted molar refractivity (Wildman–Crippen MR) is 117 cm³/mol. The van der Waals surface area contributed by atoms with Gasteiger partial charge in [-0.05, 0) is 61.4 Å². The number of rotatable bonds is 6. The molecule has 0 bridgehead atoms. The first kappa shape index (κ1) is 22.4. The molecule has 0 radical (unpaired) electrons. The van der Waals surface area contributed by atoms with Crippen LogP contribution >= 0.6 is 0 Å². The summed E-state index contributed by atoms with van der Waals surface area (Å²) in [5.41, 5.74) is 2.88. The van der Waals surface area contributed by atoms with Crippen molar-refractivity contribution in [2.45, 2.75) is 57.4 Å². The molecule has 1 aromatic carbocycles. The normalized spacial score (nSPS) is 21.5. The van der Waals surface area contributed by atoms with E-state index in [4.69, 9.17) is 0 Å². The van der Waals surface area contributed by atoms with Crippen LogP contribution in [0, 0.1) is 18.8 Å². The number of amides is 2. The summed E-state index contributed by atoms with van der Waals surface area (Å²) < 4.78 is 32.3. The lowest BCUT2D eigenvalue weighted by atomic mass is 9.81. The Morgan fingerprint density at radius 3 is 2.74 bits per heavy atom. The van der Waals surface area contributed by atoms with E-state index in [1.54, 1.807) is 6.92 Å². The highest BCUT2D eigenvalue weighted by atomic mass is 19.3. The van der Waals surface area contributed by atoms with E-state index < -0.39 is 17.9 Å². The zero-order valence-electron chi connectivity index (χ0n) is 18.7. The Balaban J connectivity index is 1.42. The molecule has 1 saturated heterocycles. The molecule has 0 spiro atoms. The fourth-order valence-corrected chi connectivity index (χ4v) is 4.93. The molecule has 2 aromatic heterocycles. The van der Waals surface area contributed by atoms with Crippen molar-refractivity contribution >= 4 is 22.8 Å². The maximum Gasteiger partial charge on any atom is 0.276 e. The van der Waals surface area contributed by atoms with Crippen molar-refractivity contribution in [2.24, 2.45) is 11.8 Å². The monoisotopic (exact) mass is 472 g/mol.